The highest BCUT2D eigenvalue weighted by molar-refractivity contribution is 5.38. The lowest BCUT2D eigenvalue weighted by Crippen LogP contribution is -2.08. The summed E-state index contributed by atoms with van der Waals surface area (Å²) in [5.74, 6) is 0. The molecular formula is C18H18N2O. The maximum Gasteiger partial charge on any atom is 0.121 e. The summed E-state index contributed by atoms with van der Waals surface area (Å²) in [4.78, 5) is 0. The van der Waals surface area contributed by atoms with E-state index >= 15 is 0 Å². The molecule has 0 amide bonds. The number of nitrogens with zero attached hydrogens (tertiary/aromatic N) is 2. The third-order valence-corrected chi connectivity index (χ3v) is 3.80. The molecule has 3 aromatic rings. The van der Waals surface area contributed by atoms with E-state index in [9.17, 15) is 5.11 Å². The van der Waals surface area contributed by atoms with Crippen molar-refractivity contribution in [1.29, 1.82) is 0 Å². The van der Waals surface area contributed by atoms with Gasteiger partial charge in [0, 0.05) is 6.20 Å². The van der Waals surface area contributed by atoms with E-state index in [-0.39, 0.29) is 0 Å². The molecule has 0 saturated heterocycles. The number of hydrogen-bond donors (Lipinski definition) is 1. The molecule has 0 spiro atoms. The summed E-state index contributed by atoms with van der Waals surface area (Å²) in [5, 5.41) is 15.0. The normalized spacial score (nSPS) is 12.3. The third kappa shape index (κ3) is 2.60. The number of aryl methyl sites for hydroxylation is 2. The summed E-state index contributed by atoms with van der Waals surface area (Å²) < 4.78 is 1.78. The van der Waals surface area contributed by atoms with Crippen molar-refractivity contribution in [3.8, 4) is 5.69 Å². The molecule has 0 fully saturated rings. The van der Waals surface area contributed by atoms with Gasteiger partial charge in [-0.05, 0) is 48.7 Å². The Hall–Kier alpha value is -2.39. The Morgan fingerprint density at radius 1 is 0.952 bits per heavy atom. The van der Waals surface area contributed by atoms with Crippen LogP contribution in [-0.2, 0) is 0 Å². The fraction of sp³-hybridized carbons (Fsp3) is 0.167. The molecule has 106 valence electrons. The zero-order valence-corrected chi connectivity index (χ0v) is 12.2. The van der Waals surface area contributed by atoms with E-state index in [2.05, 4.69) is 18.9 Å². The summed E-state index contributed by atoms with van der Waals surface area (Å²) in [6.45, 7) is 4.12. The van der Waals surface area contributed by atoms with Crippen LogP contribution in [0.25, 0.3) is 5.69 Å². The second kappa shape index (κ2) is 5.54. The van der Waals surface area contributed by atoms with Gasteiger partial charge in [0.2, 0.25) is 0 Å². The predicted octanol–water partition coefficient (Wildman–Crippen LogP) is 3.57. The van der Waals surface area contributed by atoms with Gasteiger partial charge < -0.3 is 5.11 Å². The first-order valence-electron chi connectivity index (χ1n) is 7.01. The maximum atomic E-state index is 10.7. The van der Waals surface area contributed by atoms with Crippen molar-refractivity contribution < 1.29 is 5.11 Å². The third-order valence-electron chi connectivity index (χ3n) is 3.80. The van der Waals surface area contributed by atoms with Crippen molar-refractivity contribution in [2.24, 2.45) is 0 Å². The summed E-state index contributed by atoms with van der Waals surface area (Å²) in [5.41, 5.74) is 5.00. The average molecular weight is 278 g/mol. The van der Waals surface area contributed by atoms with E-state index in [0.717, 1.165) is 16.9 Å². The molecular weight excluding hydrogens is 260 g/mol. The lowest BCUT2D eigenvalue weighted by molar-refractivity contribution is 0.212. The standard InChI is InChI=1S/C18H18N2O/c1-13-8-9-15(12-14(13)2)18(21)17-10-11-19-20(17)16-6-4-3-5-7-16/h3-12,18,21H,1-2H3. The Labute approximate surface area is 124 Å². The number of aromatic nitrogens is 2. The van der Waals surface area contributed by atoms with Crippen LogP contribution >= 0.6 is 0 Å². The molecule has 1 N–H and O–H groups in total. The summed E-state index contributed by atoms with van der Waals surface area (Å²) in [7, 11) is 0. The quantitative estimate of drug-likeness (QED) is 0.795. The molecule has 0 aliphatic heterocycles. The highest BCUT2D eigenvalue weighted by Gasteiger charge is 2.16. The fourth-order valence-corrected chi connectivity index (χ4v) is 2.41. The van der Waals surface area contributed by atoms with E-state index in [1.54, 1.807) is 10.9 Å². The van der Waals surface area contributed by atoms with E-state index in [4.69, 9.17) is 0 Å². The van der Waals surface area contributed by atoms with Crippen LogP contribution in [0.3, 0.4) is 0 Å². The average Bonchev–Trinajstić information content (AvgIpc) is 2.99. The van der Waals surface area contributed by atoms with Crippen LogP contribution in [0.5, 0.6) is 0 Å². The fourth-order valence-electron chi connectivity index (χ4n) is 2.41. The number of aliphatic hydroxyl groups excluding tert-OH is 1. The van der Waals surface area contributed by atoms with E-state index < -0.39 is 6.10 Å². The molecule has 0 radical (unpaired) electrons. The summed E-state index contributed by atoms with van der Waals surface area (Å²) in [6, 6.07) is 17.7. The lowest BCUT2D eigenvalue weighted by Gasteiger charge is -2.15. The molecule has 21 heavy (non-hydrogen) atoms. The maximum absolute atomic E-state index is 10.7. The molecule has 1 aromatic heterocycles. The number of aliphatic hydroxyl groups is 1. The van der Waals surface area contributed by atoms with Gasteiger partial charge >= 0.3 is 0 Å². The molecule has 0 aliphatic carbocycles. The van der Waals surface area contributed by atoms with E-state index in [1.807, 2.05) is 54.6 Å². The molecule has 1 atom stereocenters. The topological polar surface area (TPSA) is 38.1 Å². The molecule has 1 unspecified atom stereocenters. The minimum absolute atomic E-state index is 0.688. The van der Waals surface area contributed by atoms with Crippen LogP contribution in [-0.4, -0.2) is 14.9 Å². The van der Waals surface area contributed by atoms with E-state index in [0.29, 0.717) is 0 Å². The van der Waals surface area contributed by atoms with Gasteiger partial charge in [0.25, 0.3) is 0 Å². The highest BCUT2D eigenvalue weighted by atomic mass is 16.3. The van der Waals surface area contributed by atoms with Crippen LogP contribution in [0, 0.1) is 13.8 Å². The summed E-state index contributed by atoms with van der Waals surface area (Å²) >= 11 is 0. The Morgan fingerprint density at radius 2 is 1.71 bits per heavy atom. The minimum Gasteiger partial charge on any atom is -0.382 e. The monoisotopic (exact) mass is 278 g/mol. The molecule has 0 saturated carbocycles. The van der Waals surface area contributed by atoms with Crippen molar-refractivity contribution >= 4 is 0 Å². The first-order valence-corrected chi connectivity index (χ1v) is 7.01. The number of para-hydroxylation sites is 1. The van der Waals surface area contributed by atoms with Crippen LogP contribution in [0.4, 0.5) is 0 Å². The minimum atomic E-state index is -0.688. The van der Waals surface area contributed by atoms with Crippen molar-refractivity contribution in [2.45, 2.75) is 20.0 Å². The van der Waals surface area contributed by atoms with Crippen LogP contribution in [0.2, 0.25) is 0 Å². The Balaban J connectivity index is 2.01. The Morgan fingerprint density at radius 3 is 2.43 bits per heavy atom. The number of benzene rings is 2. The van der Waals surface area contributed by atoms with Gasteiger partial charge in [-0.1, -0.05) is 36.4 Å². The molecule has 2 aromatic carbocycles. The van der Waals surface area contributed by atoms with Gasteiger partial charge in [0.1, 0.15) is 6.10 Å². The summed E-state index contributed by atoms with van der Waals surface area (Å²) in [6.07, 6.45) is 1.03. The first kappa shape index (κ1) is 13.6. The van der Waals surface area contributed by atoms with Crippen molar-refractivity contribution in [1.82, 2.24) is 9.78 Å². The van der Waals surface area contributed by atoms with Crippen LogP contribution in [0.1, 0.15) is 28.5 Å². The highest BCUT2D eigenvalue weighted by Crippen LogP contribution is 2.25. The Kier molecular flexibility index (Phi) is 3.59. The van der Waals surface area contributed by atoms with Gasteiger partial charge in [-0.15, -0.1) is 0 Å². The largest absolute Gasteiger partial charge is 0.382 e. The van der Waals surface area contributed by atoms with Crippen molar-refractivity contribution in [3.63, 3.8) is 0 Å². The molecule has 3 nitrogen and oxygen atoms in total. The Bertz CT molecular complexity index is 747. The van der Waals surface area contributed by atoms with E-state index in [1.165, 1.54) is 11.1 Å². The molecule has 0 aliphatic rings. The van der Waals surface area contributed by atoms with Gasteiger partial charge in [-0.25, -0.2) is 4.68 Å². The van der Waals surface area contributed by atoms with Crippen LogP contribution in [0.15, 0.2) is 60.8 Å². The second-order valence-electron chi connectivity index (χ2n) is 5.25. The van der Waals surface area contributed by atoms with Crippen LogP contribution < -0.4 is 0 Å². The van der Waals surface area contributed by atoms with Gasteiger partial charge in [0.05, 0.1) is 11.4 Å². The SMILES string of the molecule is Cc1ccc(C(O)c2ccnn2-c2ccccc2)cc1C. The number of hydrogen-bond acceptors (Lipinski definition) is 2. The molecule has 0 bridgehead atoms. The molecule has 3 heteroatoms. The zero-order chi connectivity index (χ0) is 14.8. The van der Waals surface area contributed by atoms with Gasteiger partial charge in [-0.3, -0.25) is 0 Å². The first-order chi connectivity index (χ1) is 10.2. The number of rotatable bonds is 3. The van der Waals surface area contributed by atoms with Crippen molar-refractivity contribution in [2.75, 3.05) is 0 Å². The molecule has 3 rings (SSSR count). The van der Waals surface area contributed by atoms with Gasteiger partial charge in [-0.2, -0.15) is 5.10 Å². The lowest BCUT2D eigenvalue weighted by atomic mass is 10.0. The zero-order valence-electron chi connectivity index (χ0n) is 12.2. The second-order valence-corrected chi connectivity index (χ2v) is 5.25. The molecule has 1 heterocycles. The van der Waals surface area contributed by atoms with Gasteiger partial charge in [0.15, 0.2) is 0 Å². The van der Waals surface area contributed by atoms with Crippen molar-refractivity contribution in [3.05, 3.63) is 83.2 Å². The smallest absolute Gasteiger partial charge is 0.121 e. The predicted molar refractivity (Wildman–Crippen MR) is 83.5 cm³/mol.